The second kappa shape index (κ2) is 4.61. The van der Waals surface area contributed by atoms with Crippen LogP contribution >= 0.6 is 0 Å². The predicted molar refractivity (Wildman–Crippen MR) is 61.3 cm³/mol. The van der Waals surface area contributed by atoms with Crippen molar-refractivity contribution in [2.24, 2.45) is 0 Å². The van der Waals surface area contributed by atoms with Crippen LogP contribution in [-0.4, -0.2) is 27.1 Å². The highest BCUT2D eigenvalue weighted by Crippen LogP contribution is 2.12. The molecule has 3 N–H and O–H groups in total. The van der Waals surface area contributed by atoms with Crippen molar-refractivity contribution < 1.29 is 9.32 Å². The molecule has 18 heavy (non-hydrogen) atoms. The van der Waals surface area contributed by atoms with Crippen LogP contribution in [0.3, 0.4) is 0 Å². The van der Waals surface area contributed by atoms with Crippen molar-refractivity contribution >= 4 is 5.91 Å². The molecule has 0 bridgehead atoms. The summed E-state index contributed by atoms with van der Waals surface area (Å²) < 4.78 is 4.70. The number of H-pyrrole nitrogens is 1. The zero-order valence-electron chi connectivity index (χ0n) is 9.64. The molecule has 1 aliphatic rings. The summed E-state index contributed by atoms with van der Waals surface area (Å²) in [7, 11) is 0. The lowest BCUT2D eigenvalue weighted by Crippen LogP contribution is -2.47. The molecule has 2 aromatic rings. The molecule has 7 nitrogen and oxygen atoms in total. The van der Waals surface area contributed by atoms with E-state index in [-0.39, 0.29) is 11.9 Å². The van der Waals surface area contributed by atoms with Gasteiger partial charge in [-0.25, -0.2) is 4.98 Å². The van der Waals surface area contributed by atoms with Crippen molar-refractivity contribution in [3.63, 3.8) is 0 Å². The molecule has 1 amide bonds. The summed E-state index contributed by atoms with van der Waals surface area (Å²) in [4.78, 5) is 19.2. The molecule has 0 saturated carbocycles. The Morgan fingerprint density at radius 1 is 1.61 bits per heavy atom. The Morgan fingerprint density at radius 3 is 3.39 bits per heavy atom. The van der Waals surface area contributed by atoms with E-state index < -0.39 is 0 Å². The maximum atomic E-state index is 12.0. The number of hydrogen-bond donors (Lipinski definition) is 3. The van der Waals surface area contributed by atoms with Gasteiger partial charge >= 0.3 is 0 Å². The number of carbonyl (C=O) groups is 1. The molecule has 1 atom stereocenters. The predicted octanol–water partition coefficient (Wildman–Crippen LogP) is -0.272. The number of hydrogen-bond acceptors (Lipinski definition) is 5. The number of aromatic nitrogens is 3. The van der Waals surface area contributed by atoms with E-state index in [2.05, 4.69) is 25.8 Å². The molecule has 3 rings (SSSR count). The van der Waals surface area contributed by atoms with Gasteiger partial charge in [-0.2, -0.15) is 0 Å². The summed E-state index contributed by atoms with van der Waals surface area (Å²) in [5.41, 5.74) is 2.71. The lowest BCUT2D eigenvalue weighted by atomic mass is 10.0. The Labute approximate surface area is 103 Å². The van der Waals surface area contributed by atoms with Crippen molar-refractivity contribution in [3.8, 4) is 0 Å². The van der Waals surface area contributed by atoms with E-state index >= 15 is 0 Å². The van der Waals surface area contributed by atoms with Crippen molar-refractivity contribution in [3.05, 3.63) is 35.7 Å². The molecule has 7 heteroatoms. The van der Waals surface area contributed by atoms with E-state index in [0.717, 1.165) is 11.4 Å². The molecule has 1 unspecified atom stereocenters. The number of rotatable bonds is 3. The van der Waals surface area contributed by atoms with Gasteiger partial charge in [0.05, 0.1) is 30.3 Å². The molecule has 0 aromatic carbocycles. The number of carbonyl (C=O) groups excluding carboxylic acids is 1. The maximum Gasteiger partial charge on any atom is 0.237 e. The molecular weight excluding hydrogens is 234 g/mol. The normalized spacial score (nSPS) is 18.3. The SMILES string of the molecule is O=C(NCc1ccon1)C1Cc2nc[nH]c2CN1. The lowest BCUT2D eigenvalue weighted by Gasteiger charge is -2.21. The van der Waals surface area contributed by atoms with Gasteiger partial charge in [-0.3, -0.25) is 10.1 Å². The fourth-order valence-corrected chi connectivity index (χ4v) is 1.98. The highest BCUT2D eigenvalue weighted by Gasteiger charge is 2.25. The quantitative estimate of drug-likeness (QED) is 0.693. The molecule has 0 fully saturated rings. The minimum absolute atomic E-state index is 0.0494. The minimum Gasteiger partial charge on any atom is -0.364 e. The first kappa shape index (κ1) is 11.0. The van der Waals surface area contributed by atoms with Crippen molar-refractivity contribution in [2.75, 3.05) is 0 Å². The summed E-state index contributed by atoms with van der Waals surface area (Å²) >= 11 is 0. The summed E-state index contributed by atoms with van der Waals surface area (Å²) in [6, 6.07) is 1.48. The van der Waals surface area contributed by atoms with Crippen LogP contribution in [0.5, 0.6) is 0 Å². The topological polar surface area (TPSA) is 95.8 Å². The van der Waals surface area contributed by atoms with E-state index in [9.17, 15) is 4.79 Å². The van der Waals surface area contributed by atoms with Crippen LogP contribution in [0.2, 0.25) is 0 Å². The van der Waals surface area contributed by atoms with Crippen LogP contribution in [0.15, 0.2) is 23.2 Å². The van der Waals surface area contributed by atoms with Gasteiger partial charge in [0.15, 0.2) is 0 Å². The van der Waals surface area contributed by atoms with Gasteiger partial charge in [-0.15, -0.1) is 0 Å². The zero-order chi connectivity index (χ0) is 12.4. The number of imidazole rings is 1. The fourth-order valence-electron chi connectivity index (χ4n) is 1.98. The summed E-state index contributed by atoms with van der Waals surface area (Å²) in [5, 5.41) is 9.71. The Bertz CT molecular complexity index is 533. The molecule has 3 heterocycles. The smallest absolute Gasteiger partial charge is 0.237 e. The second-order valence-corrected chi connectivity index (χ2v) is 4.17. The van der Waals surface area contributed by atoms with E-state index in [4.69, 9.17) is 4.52 Å². The van der Waals surface area contributed by atoms with Gasteiger partial charge in [0.2, 0.25) is 5.91 Å². The molecule has 0 spiro atoms. The third-order valence-electron chi connectivity index (χ3n) is 2.98. The number of fused-ring (bicyclic) bond motifs is 1. The zero-order valence-corrected chi connectivity index (χ0v) is 9.64. The molecule has 0 saturated heterocycles. The molecule has 2 aromatic heterocycles. The Morgan fingerprint density at radius 2 is 2.56 bits per heavy atom. The first-order valence-corrected chi connectivity index (χ1v) is 5.74. The maximum absolute atomic E-state index is 12.0. The fraction of sp³-hybridized carbons (Fsp3) is 0.364. The Hall–Kier alpha value is -2.15. The van der Waals surface area contributed by atoms with E-state index in [1.165, 1.54) is 6.26 Å². The minimum atomic E-state index is -0.243. The molecule has 1 aliphatic heterocycles. The van der Waals surface area contributed by atoms with Crippen LogP contribution in [0.25, 0.3) is 0 Å². The Balaban J connectivity index is 1.57. The van der Waals surface area contributed by atoms with E-state index in [1.807, 2.05) is 0 Å². The van der Waals surface area contributed by atoms with Gasteiger partial charge in [-0.1, -0.05) is 5.16 Å². The van der Waals surface area contributed by atoms with Crippen LogP contribution < -0.4 is 10.6 Å². The number of nitrogens with zero attached hydrogens (tertiary/aromatic N) is 2. The standard InChI is InChI=1S/C11H13N5O2/c17-11(13-4-7-1-2-18-16-7)9-3-8-10(5-12-9)15-6-14-8/h1-2,6,9,12H,3-5H2,(H,13,17)(H,14,15). The molecule has 94 valence electrons. The van der Waals surface area contributed by atoms with Gasteiger partial charge in [0.1, 0.15) is 12.0 Å². The van der Waals surface area contributed by atoms with Crippen LogP contribution in [-0.2, 0) is 24.3 Å². The van der Waals surface area contributed by atoms with Gasteiger partial charge in [0.25, 0.3) is 0 Å². The van der Waals surface area contributed by atoms with E-state index in [0.29, 0.717) is 25.2 Å². The third-order valence-corrected chi connectivity index (χ3v) is 2.98. The van der Waals surface area contributed by atoms with Crippen molar-refractivity contribution in [1.29, 1.82) is 0 Å². The number of amides is 1. The number of aromatic amines is 1. The first-order chi connectivity index (χ1) is 8.83. The summed E-state index contributed by atoms with van der Waals surface area (Å²) in [6.45, 7) is 1.01. The highest BCUT2D eigenvalue weighted by molar-refractivity contribution is 5.82. The van der Waals surface area contributed by atoms with Crippen molar-refractivity contribution in [2.45, 2.75) is 25.6 Å². The summed E-state index contributed by atoms with van der Waals surface area (Å²) in [5.74, 6) is -0.0494. The van der Waals surface area contributed by atoms with Crippen molar-refractivity contribution in [1.82, 2.24) is 25.8 Å². The van der Waals surface area contributed by atoms with Crippen LogP contribution in [0.1, 0.15) is 17.1 Å². The van der Waals surface area contributed by atoms with E-state index in [1.54, 1.807) is 12.4 Å². The molecular formula is C11H13N5O2. The number of nitrogens with one attached hydrogen (secondary N) is 3. The van der Waals surface area contributed by atoms with Gasteiger partial charge in [-0.05, 0) is 0 Å². The average Bonchev–Trinajstić information content (AvgIpc) is 3.05. The summed E-state index contributed by atoms with van der Waals surface area (Å²) in [6.07, 6.45) is 3.74. The second-order valence-electron chi connectivity index (χ2n) is 4.17. The van der Waals surface area contributed by atoms with Gasteiger partial charge in [0, 0.05) is 19.0 Å². The molecule has 0 aliphatic carbocycles. The average molecular weight is 247 g/mol. The molecule has 0 radical (unpaired) electrons. The third kappa shape index (κ3) is 2.12. The Kier molecular flexibility index (Phi) is 2.81. The van der Waals surface area contributed by atoms with Gasteiger partial charge < -0.3 is 14.8 Å². The van der Waals surface area contributed by atoms with Crippen LogP contribution in [0, 0.1) is 0 Å². The first-order valence-electron chi connectivity index (χ1n) is 5.74. The van der Waals surface area contributed by atoms with Crippen LogP contribution in [0.4, 0.5) is 0 Å². The highest BCUT2D eigenvalue weighted by atomic mass is 16.5. The largest absolute Gasteiger partial charge is 0.364 e. The lowest BCUT2D eigenvalue weighted by molar-refractivity contribution is -0.123. The monoisotopic (exact) mass is 247 g/mol.